The largest absolute Gasteiger partial charge is 0.573 e. The van der Waals surface area contributed by atoms with E-state index in [0.29, 0.717) is 6.07 Å². The number of halogens is 5. The highest BCUT2D eigenvalue weighted by Crippen LogP contribution is 2.33. The highest BCUT2D eigenvalue weighted by Gasteiger charge is 2.33. The smallest absolute Gasteiger partial charge is 0.405 e. The lowest BCUT2D eigenvalue weighted by atomic mass is 10.0. The van der Waals surface area contributed by atoms with Crippen molar-refractivity contribution >= 4 is 0 Å². The topological polar surface area (TPSA) is 29.5 Å². The molecule has 1 unspecified atom stereocenters. The first-order chi connectivity index (χ1) is 9.76. The van der Waals surface area contributed by atoms with Crippen LogP contribution in [-0.4, -0.2) is 11.5 Å². The van der Waals surface area contributed by atoms with Gasteiger partial charge in [-0.05, 0) is 23.8 Å². The summed E-state index contributed by atoms with van der Waals surface area (Å²) in [6, 6.07) is 7.09. The maximum atomic E-state index is 13.1. The van der Waals surface area contributed by atoms with Gasteiger partial charge in [-0.25, -0.2) is 8.78 Å². The number of benzene rings is 2. The van der Waals surface area contributed by atoms with E-state index in [4.69, 9.17) is 0 Å². The molecule has 0 amide bonds. The lowest BCUT2D eigenvalue weighted by molar-refractivity contribution is -0.275. The van der Waals surface area contributed by atoms with Gasteiger partial charge in [0.25, 0.3) is 0 Å². The van der Waals surface area contributed by atoms with E-state index < -0.39 is 29.9 Å². The molecule has 0 radical (unpaired) electrons. The van der Waals surface area contributed by atoms with Crippen molar-refractivity contribution in [2.75, 3.05) is 0 Å². The fraction of sp³-hybridized carbons (Fsp3) is 0.143. The van der Waals surface area contributed by atoms with Crippen molar-refractivity contribution in [3.05, 3.63) is 65.2 Å². The van der Waals surface area contributed by atoms with Crippen LogP contribution in [0.3, 0.4) is 0 Å². The molecular formula is C14H9F5O2. The van der Waals surface area contributed by atoms with Crippen LogP contribution in [0.4, 0.5) is 22.0 Å². The summed E-state index contributed by atoms with van der Waals surface area (Å²) in [5.74, 6) is -2.53. The summed E-state index contributed by atoms with van der Waals surface area (Å²) in [6.07, 6.45) is -6.60. The van der Waals surface area contributed by atoms with Gasteiger partial charge in [-0.15, -0.1) is 13.2 Å². The number of para-hydroxylation sites is 1. The molecule has 0 aliphatic rings. The van der Waals surface area contributed by atoms with E-state index in [-0.39, 0.29) is 11.1 Å². The van der Waals surface area contributed by atoms with Gasteiger partial charge >= 0.3 is 6.36 Å². The minimum Gasteiger partial charge on any atom is -0.405 e. The predicted octanol–water partition coefficient (Wildman–Crippen LogP) is 3.95. The maximum Gasteiger partial charge on any atom is 0.573 e. The lowest BCUT2D eigenvalue weighted by Crippen LogP contribution is -2.19. The summed E-state index contributed by atoms with van der Waals surface area (Å²) in [6.45, 7) is 0. The second kappa shape index (κ2) is 5.69. The minimum absolute atomic E-state index is 0.217. The molecule has 112 valence electrons. The van der Waals surface area contributed by atoms with Gasteiger partial charge in [0.1, 0.15) is 23.5 Å². The molecule has 0 saturated carbocycles. The van der Waals surface area contributed by atoms with Crippen LogP contribution in [0.15, 0.2) is 42.5 Å². The lowest BCUT2D eigenvalue weighted by Gasteiger charge is -2.17. The second-order valence-corrected chi connectivity index (χ2v) is 4.19. The van der Waals surface area contributed by atoms with Crippen molar-refractivity contribution in [3.63, 3.8) is 0 Å². The molecule has 2 aromatic carbocycles. The maximum absolute atomic E-state index is 13.1. The summed E-state index contributed by atoms with van der Waals surface area (Å²) >= 11 is 0. The highest BCUT2D eigenvalue weighted by molar-refractivity contribution is 5.40. The Morgan fingerprint density at radius 2 is 1.52 bits per heavy atom. The normalized spacial score (nSPS) is 13.0. The van der Waals surface area contributed by atoms with Crippen molar-refractivity contribution in [3.8, 4) is 5.75 Å². The molecule has 0 aliphatic carbocycles. The molecule has 0 bridgehead atoms. The molecule has 0 saturated heterocycles. The Morgan fingerprint density at radius 3 is 2.10 bits per heavy atom. The van der Waals surface area contributed by atoms with E-state index >= 15 is 0 Å². The van der Waals surface area contributed by atoms with Crippen molar-refractivity contribution in [2.24, 2.45) is 0 Å². The van der Waals surface area contributed by atoms with Crippen LogP contribution in [0.2, 0.25) is 0 Å². The van der Waals surface area contributed by atoms with Crippen LogP contribution in [0.5, 0.6) is 5.75 Å². The van der Waals surface area contributed by atoms with Gasteiger partial charge in [0.15, 0.2) is 0 Å². The van der Waals surface area contributed by atoms with E-state index in [1.165, 1.54) is 18.2 Å². The van der Waals surface area contributed by atoms with Crippen LogP contribution in [0, 0.1) is 11.6 Å². The molecule has 2 nitrogen and oxygen atoms in total. The van der Waals surface area contributed by atoms with Gasteiger partial charge in [-0.2, -0.15) is 0 Å². The first-order valence-electron chi connectivity index (χ1n) is 5.75. The third-order valence-corrected chi connectivity index (χ3v) is 2.64. The fourth-order valence-corrected chi connectivity index (χ4v) is 1.84. The molecule has 0 aliphatic heterocycles. The fourth-order valence-electron chi connectivity index (χ4n) is 1.84. The van der Waals surface area contributed by atoms with Gasteiger partial charge < -0.3 is 9.84 Å². The van der Waals surface area contributed by atoms with Crippen molar-refractivity contribution < 1.29 is 31.8 Å². The van der Waals surface area contributed by atoms with E-state index in [9.17, 15) is 27.1 Å². The summed E-state index contributed by atoms with van der Waals surface area (Å²) < 4.78 is 66.9. The summed E-state index contributed by atoms with van der Waals surface area (Å²) in [7, 11) is 0. The first kappa shape index (κ1) is 15.2. The number of hydrogen-bond donors (Lipinski definition) is 1. The summed E-state index contributed by atoms with van der Waals surface area (Å²) in [5.41, 5.74) is -0.467. The third kappa shape index (κ3) is 3.91. The molecule has 7 heteroatoms. The zero-order valence-corrected chi connectivity index (χ0v) is 10.4. The van der Waals surface area contributed by atoms with Crippen LogP contribution in [0.1, 0.15) is 17.2 Å². The quantitative estimate of drug-likeness (QED) is 0.870. The Morgan fingerprint density at radius 1 is 0.952 bits per heavy atom. The third-order valence-electron chi connectivity index (χ3n) is 2.64. The average Bonchev–Trinajstić information content (AvgIpc) is 2.35. The standard InChI is InChI=1S/C14H9F5O2/c15-9-5-8(6-10(16)7-9)13(20)11-3-1-2-4-12(11)21-14(17,18)19/h1-7,13,20H. The Hall–Kier alpha value is -2.15. The van der Waals surface area contributed by atoms with Crippen molar-refractivity contribution in [1.29, 1.82) is 0 Å². The number of rotatable bonds is 3. The summed E-state index contributed by atoms with van der Waals surface area (Å²) in [5, 5.41) is 10.0. The van der Waals surface area contributed by atoms with Crippen LogP contribution in [-0.2, 0) is 0 Å². The van der Waals surface area contributed by atoms with Crippen molar-refractivity contribution in [2.45, 2.75) is 12.5 Å². The SMILES string of the molecule is OC(c1cc(F)cc(F)c1)c1ccccc1OC(F)(F)F. The Kier molecular flexibility index (Phi) is 4.13. The number of alkyl halides is 3. The van der Waals surface area contributed by atoms with Gasteiger partial charge in [0, 0.05) is 11.6 Å². The molecule has 1 N–H and O–H groups in total. The Bertz CT molecular complexity index is 619. The highest BCUT2D eigenvalue weighted by atomic mass is 19.4. The molecular weight excluding hydrogens is 295 g/mol. The van der Waals surface area contributed by atoms with Gasteiger partial charge in [-0.1, -0.05) is 18.2 Å². The van der Waals surface area contributed by atoms with E-state index in [1.54, 1.807) is 0 Å². The Balaban J connectivity index is 2.41. The van der Waals surface area contributed by atoms with Crippen LogP contribution < -0.4 is 4.74 Å². The first-order valence-corrected chi connectivity index (χ1v) is 5.75. The zero-order chi connectivity index (χ0) is 15.6. The zero-order valence-electron chi connectivity index (χ0n) is 10.4. The van der Waals surface area contributed by atoms with Crippen LogP contribution in [0.25, 0.3) is 0 Å². The van der Waals surface area contributed by atoms with Crippen molar-refractivity contribution in [1.82, 2.24) is 0 Å². The molecule has 2 rings (SSSR count). The van der Waals surface area contributed by atoms with E-state index in [2.05, 4.69) is 4.74 Å². The monoisotopic (exact) mass is 304 g/mol. The van der Waals surface area contributed by atoms with Gasteiger partial charge in [-0.3, -0.25) is 0 Å². The number of aliphatic hydroxyl groups excluding tert-OH is 1. The van der Waals surface area contributed by atoms with E-state index in [1.807, 2.05) is 0 Å². The average molecular weight is 304 g/mol. The minimum atomic E-state index is -4.94. The second-order valence-electron chi connectivity index (χ2n) is 4.19. The molecule has 1 atom stereocenters. The molecule has 0 heterocycles. The molecule has 0 fully saturated rings. The number of ether oxygens (including phenoxy) is 1. The van der Waals surface area contributed by atoms with E-state index in [0.717, 1.165) is 18.2 Å². The number of aliphatic hydroxyl groups is 1. The van der Waals surface area contributed by atoms with Gasteiger partial charge in [0.2, 0.25) is 0 Å². The van der Waals surface area contributed by atoms with Gasteiger partial charge in [0.05, 0.1) is 0 Å². The Labute approximate surface area is 116 Å². The molecule has 0 spiro atoms. The van der Waals surface area contributed by atoms with Crippen LogP contribution >= 0.6 is 0 Å². The summed E-state index contributed by atoms with van der Waals surface area (Å²) in [4.78, 5) is 0. The molecule has 2 aromatic rings. The molecule has 21 heavy (non-hydrogen) atoms. The predicted molar refractivity (Wildman–Crippen MR) is 63.5 cm³/mol. The number of hydrogen-bond acceptors (Lipinski definition) is 2. The molecule has 0 aromatic heterocycles.